The van der Waals surface area contributed by atoms with Crippen LogP contribution < -0.4 is 0 Å². The van der Waals surface area contributed by atoms with Gasteiger partial charge in [-0.25, -0.2) is 0 Å². The Morgan fingerprint density at radius 1 is 0.591 bits per heavy atom. The van der Waals surface area contributed by atoms with E-state index in [1.165, 1.54) is 36.4 Å². The van der Waals surface area contributed by atoms with Crippen LogP contribution >= 0.6 is 0 Å². The molecule has 0 aliphatic heterocycles. The van der Waals surface area contributed by atoms with Gasteiger partial charge in [0.2, 0.25) is 0 Å². The molecule has 116 valence electrons. The van der Waals surface area contributed by atoms with Crippen molar-refractivity contribution in [3.05, 3.63) is 70.8 Å². The summed E-state index contributed by atoms with van der Waals surface area (Å²) in [5.74, 6) is 0. The average Bonchev–Trinajstić information content (AvgIpc) is 2.44. The van der Waals surface area contributed by atoms with E-state index in [0.717, 1.165) is 24.3 Å². The standard InChI is InChI=1S/C16H10F6/c17-15(18,19)13-5-1-3-11(9-13)7-8-12-4-2-6-14(10-12)16(20,21)22/h1-10H/b8-7-. The van der Waals surface area contributed by atoms with Crippen LogP contribution in [-0.2, 0) is 12.4 Å². The van der Waals surface area contributed by atoms with Gasteiger partial charge in [0.1, 0.15) is 0 Å². The van der Waals surface area contributed by atoms with Gasteiger partial charge in [0.25, 0.3) is 0 Å². The molecule has 0 bridgehead atoms. The van der Waals surface area contributed by atoms with Gasteiger partial charge in [-0.05, 0) is 35.4 Å². The molecule has 0 saturated heterocycles. The van der Waals surface area contributed by atoms with Crippen LogP contribution in [0.5, 0.6) is 0 Å². The Hall–Kier alpha value is -2.24. The fraction of sp³-hybridized carbons (Fsp3) is 0.125. The summed E-state index contributed by atoms with van der Waals surface area (Å²) in [6, 6.07) is 9.11. The smallest absolute Gasteiger partial charge is 0.166 e. The lowest BCUT2D eigenvalue weighted by atomic mass is 10.1. The Balaban J connectivity index is 2.26. The lowest BCUT2D eigenvalue weighted by Gasteiger charge is -2.07. The Labute approximate surface area is 122 Å². The predicted molar refractivity (Wildman–Crippen MR) is 71.8 cm³/mol. The summed E-state index contributed by atoms with van der Waals surface area (Å²) in [5.41, 5.74) is -1.10. The predicted octanol–water partition coefficient (Wildman–Crippen LogP) is 5.89. The maximum Gasteiger partial charge on any atom is 0.416 e. The van der Waals surface area contributed by atoms with E-state index in [1.54, 1.807) is 0 Å². The fourth-order valence-corrected chi connectivity index (χ4v) is 1.83. The molecular weight excluding hydrogens is 306 g/mol. The highest BCUT2D eigenvalue weighted by Gasteiger charge is 2.30. The Morgan fingerprint density at radius 3 is 1.27 bits per heavy atom. The highest BCUT2D eigenvalue weighted by Crippen LogP contribution is 2.31. The molecule has 0 radical (unpaired) electrons. The summed E-state index contributed by atoms with van der Waals surface area (Å²) >= 11 is 0. The summed E-state index contributed by atoms with van der Waals surface area (Å²) in [6.45, 7) is 0. The second-order valence-corrected chi connectivity index (χ2v) is 4.58. The van der Waals surface area contributed by atoms with E-state index in [0.29, 0.717) is 0 Å². The van der Waals surface area contributed by atoms with E-state index in [1.807, 2.05) is 0 Å². The summed E-state index contributed by atoms with van der Waals surface area (Å²) in [6.07, 6.45) is -6.24. The molecular formula is C16H10F6. The molecule has 0 aliphatic rings. The molecule has 2 aromatic carbocycles. The van der Waals surface area contributed by atoms with Gasteiger partial charge in [-0.1, -0.05) is 36.4 Å². The fourth-order valence-electron chi connectivity index (χ4n) is 1.83. The zero-order chi connectivity index (χ0) is 16.4. The summed E-state index contributed by atoms with van der Waals surface area (Å²) in [7, 11) is 0. The van der Waals surface area contributed by atoms with Crippen LogP contribution in [0, 0.1) is 0 Å². The van der Waals surface area contributed by atoms with Crippen LogP contribution in [0.15, 0.2) is 48.5 Å². The van der Waals surface area contributed by atoms with Gasteiger partial charge in [-0.15, -0.1) is 0 Å². The largest absolute Gasteiger partial charge is 0.416 e. The van der Waals surface area contributed by atoms with Crippen LogP contribution in [0.25, 0.3) is 12.2 Å². The van der Waals surface area contributed by atoms with Crippen molar-refractivity contribution in [1.82, 2.24) is 0 Å². The molecule has 0 nitrogen and oxygen atoms in total. The molecule has 2 rings (SSSR count). The first-order chi connectivity index (χ1) is 10.2. The number of hydrogen-bond donors (Lipinski definition) is 0. The molecule has 6 heteroatoms. The summed E-state index contributed by atoms with van der Waals surface area (Å²) < 4.78 is 75.4. The first-order valence-electron chi connectivity index (χ1n) is 6.19. The molecule has 22 heavy (non-hydrogen) atoms. The number of rotatable bonds is 2. The van der Waals surface area contributed by atoms with E-state index >= 15 is 0 Å². The molecule has 2 aromatic rings. The van der Waals surface area contributed by atoms with Gasteiger partial charge in [0, 0.05) is 0 Å². The third kappa shape index (κ3) is 4.13. The van der Waals surface area contributed by atoms with Crippen LogP contribution in [-0.4, -0.2) is 0 Å². The molecule has 0 fully saturated rings. The molecule has 0 unspecified atom stereocenters. The molecule has 0 aliphatic carbocycles. The maximum atomic E-state index is 12.6. The van der Waals surface area contributed by atoms with Gasteiger partial charge in [-0.2, -0.15) is 26.3 Å². The van der Waals surface area contributed by atoms with Gasteiger partial charge in [0.15, 0.2) is 0 Å². The number of alkyl halides is 6. The monoisotopic (exact) mass is 316 g/mol. The second kappa shape index (κ2) is 5.87. The van der Waals surface area contributed by atoms with Gasteiger partial charge in [0.05, 0.1) is 11.1 Å². The van der Waals surface area contributed by atoms with Gasteiger partial charge >= 0.3 is 12.4 Å². The zero-order valence-corrected chi connectivity index (χ0v) is 11.0. The van der Waals surface area contributed by atoms with Gasteiger partial charge in [-0.3, -0.25) is 0 Å². The van der Waals surface area contributed by atoms with Gasteiger partial charge < -0.3 is 0 Å². The van der Waals surface area contributed by atoms with Crippen molar-refractivity contribution in [3.63, 3.8) is 0 Å². The van der Waals surface area contributed by atoms with Crippen LogP contribution in [0.2, 0.25) is 0 Å². The average molecular weight is 316 g/mol. The Morgan fingerprint density at radius 2 is 0.955 bits per heavy atom. The molecule has 0 N–H and O–H groups in total. The van der Waals surface area contributed by atoms with Crippen molar-refractivity contribution >= 4 is 12.2 Å². The van der Waals surface area contributed by atoms with E-state index in [9.17, 15) is 26.3 Å². The van der Waals surface area contributed by atoms with Crippen molar-refractivity contribution in [3.8, 4) is 0 Å². The topological polar surface area (TPSA) is 0 Å². The third-order valence-corrected chi connectivity index (χ3v) is 2.90. The van der Waals surface area contributed by atoms with E-state index in [2.05, 4.69) is 0 Å². The third-order valence-electron chi connectivity index (χ3n) is 2.90. The van der Waals surface area contributed by atoms with Crippen molar-refractivity contribution in [2.24, 2.45) is 0 Å². The molecule has 0 saturated carbocycles. The first-order valence-corrected chi connectivity index (χ1v) is 6.19. The minimum absolute atomic E-state index is 0.257. The van der Waals surface area contributed by atoms with Crippen LogP contribution in [0.1, 0.15) is 22.3 Å². The lowest BCUT2D eigenvalue weighted by Crippen LogP contribution is -2.04. The minimum Gasteiger partial charge on any atom is -0.166 e. The maximum absolute atomic E-state index is 12.6. The highest BCUT2D eigenvalue weighted by molar-refractivity contribution is 5.70. The zero-order valence-electron chi connectivity index (χ0n) is 11.0. The first kappa shape index (κ1) is 16.1. The number of halogens is 6. The van der Waals surface area contributed by atoms with Crippen molar-refractivity contribution < 1.29 is 26.3 Å². The summed E-state index contributed by atoms with van der Waals surface area (Å²) in [5, 5.41) is 0. The van der Waals surface area contributed by atoms with E-state index in [4.69, 9.17) is 0 Å². The van der Waals surface area contributed by atoms with Crippen molar-refractivity contribution in [1.29, 1.82) is 0 Å². The van der Waals surface area contributed by atoms with Crippen LogP contribution in [0.4, 0.5) is 26.3 Å². The quantitative estimate of drug-likeness (QED) is 0.478. The SMILES string of the molecule is FC(F)(F)c1cccc(/C=C\c2cccc(C(F)(F)F)c2)c1. The molecule has 0 atom stereocenters. The van der Waals surface area contributed by atoms with Crippen molar-refractivity contribution in [2.75, 3.05) is 0 Å². The molecule has 0 heterocycles. The molecule has 0 amide bonds. The Bertz CT molecular complexity index is 620. The Kier molecular flexibility index (Phi) is 4.30. The number of benzene rings is 2. The highest BCUT2D eigenvalue weighted by atomic mass is 19.4. The van der Waals surface area contributed by atoms with Crippen LogP contribution in [0.3, 0.4) is 0 Å². The second-order valence-electron chi connectivity index (χ2n) is 4.58. The normalized spacial score (nSPS) is 12.8. The molecule has 0 spiro atoms. The lowest BCUT2D eigenvalue weighted by molar-refractivity contribution is -0.138. The number of hydrogen-bond acceptors (Lipinski definition) is 0. The minimum atomic E-state index is -4.46. The molecule has 0 aromatic heterocycles. The van der Waals surface area contributed by atoms with Crippen molar-refractivity contribution in [2.45, 2.75) is 12.4 Å². The van der Waals surface area contributed by atoms with E-state index in [-0.39, 0.29) is 11.1 Å². The van der Waals surface area contributed by atoms with E-state index < -0.39 is 23.5 Å². The summed E-state index contributed by atoms with van der Waals surface area (Å²) in [4.78, 5) is 0.